The first kappa shape index (κ1) is 17.6. The highest BCUT2D eigenvalue weighted by Crippen LogP contribution is 2.54. The Morgan fingerprint density at radius 1 is 1.00 bits per heavy atom. The Kier molecular flexibility index (Phi) is 5.86. The van der Waals surface area contributed by atoms with Crippen molar-refractivity contribution in [2.75, 3.05) is 42.3 Å². The number of nitro benzene ring substituents is 1. The zero-order valence-corrected chi connectivity index (χ0v) is 14.1. The van der Waals surface area contributed by atoms with Gasteiger partial charge < -0.3 is 4.84 Å². The molecule has 21 heavy (non-hydrogen) atoms. The van der Waals surface area contributed by atoms with Crippen LogP contribution in [-0.4, -0.2) is 61.2 Å². The molecule has 0 aliphatic heterocycles. The standard InChI is InChI=1S/C12H22N5O3P/c1-14(2)21(15(3)4,16(5)6)13-20-12-9-7-11(8-10-12)17(18)19/h7-10H,1-6H3. The molecule has 1 aromatic carbocycles. The summed E-state index contributed by atoms with van der Waals surface area (Å²) >= 11 is 0. The van der Waals surface area contributed by atoms with Crippen LogP contribution in [0.2, 0.25) is 0 Å². The second-order valence-electron chi connectivity index (χ2n) is 5.00. The van der Waals surface area contributed by atoms with Gasteiger partial charge in [-0.05, 0) is 54.4 Å². The van der Waals surface area contributed by atoms with Crippen LogP contribution < -0.4 is 4.84 Å². The third-order valence-electron chi connectivity index (χ3n) is 2.91. The minimum absolute atomic E-state index is 0.0243. The fraction of sp³-hybridized carbons (Fsp3) is 0.500. The second kappa shape index (κ2) is 7.00. The minimum Gasteiger partial charge on any atom is -0.355 e. The molecular formula is C12H22N5O3P. The van der Waals surface area contributed by atoms with Gasteiger partial charge in [0, 0.05) is 12.1 Å². The summed E-state index contributed by atoms with van der Waals surface area (Å²) in [7, 11) is 9.51. The van der Waals surface area contributed by atoms with E-state index in [1.54, 1.807) is 0 Å². The Hall–Kier alpha value is -1.47. The van der Waals surface area contributed by atoms with Crippen LogP contribution in [-0.2, 0) is 0 Å². The van der Waals surface area contributed by atoms with E-state index in [1.165, 1.54) is 24.3 Å². The van der Waals surface area contributed by atoms with Crippen molar-refractivity contribution in [2.45, 2.75) is 0 Å². The lowest BCUT2D eigenvalue weighted by Gasteiger charge is -2.39. The molecule has 0 saturated carbocycles. The highest BCUT2D eigenvalue weighted by atomic mass is 31.2. The molecule has 0 aromatic heterocycles. The van der Waals surface area contributed by atoms with Gasteiger partial charge in [0.2, 0.25) is 7.51 Å². The summed E-state index contributed by atoms with van der Waals surface area (Å²) in [4.78, 5) is 20.1. The zero-order valence-electron chi connectivity index (χ0n) is 13.2. The number of nitro groups is 1. The lowest BCUT2D eigenvalue weighted by molar-refractivity contribution is -0.384. The number of hydrogen-bond acceptors (Lipinski definition) is 4. The van der Waals surface area contributed by atoms with E-state index >= 15 is 0 Å². The minimum atomic E-state index is -2.14. The molecule has 0 atom stereocenters. The highest BCUT2D eigenvalue weighted by molar-refractivity contribution is 7.58. The fourth-order valence-electron chi connectivity index (χ4n) is 2.02. The summed E-state index contributed by atoms with van der Waals surface area (Å²) < 4.78 is 6.04. The largest absolute Gasteiger partial charge is 0.355 e. The average molecular weight is 315 g/mol. The Bertz CT molecular complexity index is 514. The van der Waals surface area contributed by atoms with Crippen LogP contribution in [0, 0.1) is 10.1 Å². The van der Waals surface area contributed by atoms with Gasteiger partial charge in [0.15, 0.2) is 5.75 Å². The van der Waals surface area contributed by atoms with Crippen molar-refractivity contribution in [2.24, 2.45) is 4.91 Å². The molecule has 0 unspecified atom stereocenters. The number of nitrogens with zero attached hydrogens (tertiary/aromatic N) is 5. The van der Waals surface area contributed by atoms with E-state index < -0.39 is 12.4 Å². The summed E-state index contributed by atoms with van der Waals surface area (Å²) in [6, 6.07) is 5.87. The van der Waals surface area contributed by atoms with Crippen molar-refractivity contribution in [1.82, 2.24) is 14.0 Å². The summed E-state index contributed by atoms with van der Waals surface area (Å²) in [6.45, 7) is 0. The van der Waals surface area contributed by atoms with E-state index in [0.29, 0.717) is 5.75 Å². The summed E-state index contributed by atoms with van der Waals surface area (Å²) in [6.07, 6.45) is 0. The Morgan fingerprint density at radius 3 is 1.76 bits per heavy atom. The highest BCUT2D eigenvalue weighted by Gasteiger charge is 2.29. The monoisotopic (exact) mass is 315 g/mol. The molecule has 0 amide bonds. The molecule has 1 aromatic rings. The molecule has 1 rings (SSSR count). The predicted octanol–water partition coefficient (Wildman–Crippen LogP) is 2.52. The van der Waals surface area contributed by atoms with E-state index in [2.05, 4.69) is 4.91 Å². The topological polar surface area (TPSA) is 74.4 Å². The Balaban J connectivity index is 3.11. The van der Waals surface area contributed by atoms with Crippen LogP contribution >= 0.6 is 7.51 Å². The molecule has 0 bridgehead atoms. The predicted molar refractivity (Wildman–Crippen MR) is 84.1 cm³/mol. The first-order valence-corrected chi connectivity index (χ1v) is 7.88. The van der Waals surface area contributed by atoms with Gasteiger partial charge in [0.1, 0.15) is 0 Å². The molecule has 118 valence electrons. The van der Waals surface area contributed by atoms with E-state index in [4.69, 9.17) is 4.84 Å². The first-order valence-electron chi connectivity index (χ1n) is 6.28. The van der Waals surface area contributed by atoms with Crippen molar-refractivity contribution in [1.29, 1.82) is 0 Å². The average Bonchev–Trinajstić information content (AvgIpc) is 2.38. The number of rotatable bonds is 6. The van der Waals surface area contributed by atoms with Crippen LogP contribution in [0.1, 0.15) is 0 Å². The first-order chi connectivity index (χ1) is 9.71. The van der Waals surface area contributed by atoms with E-state index in [-0.39, 0.29) is 5.69 Å². The lowest BCUT2D eigenvalue weighted by Crippen LogP contribution is -2.31. The molecule has 0 aliphatic carbocycles. The van der Waals surface area contributed by atoms with Gasteiger partial charge in [-0.15, -0.1) is 0 Å². The van der Waals surface area contributed by atoms with Crippen molar-refractivity contribution < 1.29 is 9.76 Å². The normalized spacial score (nSPS) is 12.0. The summed E-state index contributed by atoms with van der Waals surface area (Å²) in [5.74, 6) is 0.468. The van der Waals surface area contributed by atoms with Crippen molar-refractivity contribution >= 4 is 13.2 Å². The molecule has 9 heteroatoms. The van der Waals surface area contributed by atoms with Gasteiger partial charge >= 0.3 is 0 Å². The van der Waals surface area contributed by atoms with Gasteiger partial charge in [0.05, 0.1) is 4.92 Å². The number of non-ortho nitro benzene ring substituents is 1. The molecule has 8 nitrogen and oxygen atoms in total. The second-order valence-corrected chi connectivity index (χ2v) is 8.64. The molecule has 0 fully saturated rings. The molecule has 0 spiro atoms. The molecule has 0 aliphatic rings. The SMILES string of the molecule is CN(C)P(=NOc1ccc([N+](=O)[O-])cc1)(N(C)C)N(C)C. The third kappa shape index (κ3) is 3.79. The number of hydrogen-bond donors (Lipinski definition) is 0. The maximum Gasteiger partial charge on any atom is 0.269 e. The van der Waals surface area contributed by atoms with Gasteiger partial charge in [-0.2, -0.15) is 0 Å². The maximum absolute atomic E-state index is 10.6. The van der Waals surface area contributed by atoms with Crippen LogP contribution in [0.15, 0.2) is 29.2 Å². The Morgan fingerprint density at radius 2 is 1.43 bits per heavy atom. The third-order valence-corrected chi connectivity index (χ3v) is 6.43. The van der Waals surface area contributed by atoms with Crippen molar-refractivity contribution in [3.63, 3.8) is 0 Å². The smallest absolute Gasteiger partial charge is 0.269 e. The fourth-order valence-corrected chi connectivity index (χ4v) is 4.81. The summed E-state index contributed by atoms with van der Waals surface area (Å²) in [5, 5.41) is 10.6. The molecular weight excluding hydrogens is 293 g/mol. The molecule has 0 radical (unpaired) electrons. The zero-order chi connectivity index (χ0) is 16.2. The Labute approximate surface area is 125 Å². The molecule has 0 N–H and O–H groups in total. The van der Waals surface area contributed by atoms with E-state index in [0.717, 1.165) is 0 Å². The molecule has 0 heterocycles. The van der Waals surface area contributed by atoms with Gasteiger partial charge in [-0.1, -0.05) is 4.91 Å². The van der Waals surface area contributed by atoms with Crippen LogP contribution in [0.5, 0.6) is 5.75 Å². The summed E-state index contributed by atoms with van der Waals surface area (Å²) in [5.41, 5.74) is 0.0243. The van der Waals surface area contributed by atoms with Gasteiger partial charge in [0.25, 0.3) is 5.69 Å². The van der Waals surface area contributed by atoms with Gasteiger partial charge in [-0.25, -0.2) is 14.0 Å². The number of benzene rings is 1. The van der Waals surface area contributed by atoms with Gasteiger partial charge in [-0.3, -0.25) is 10.1 Å². The molecule has 0 saturated heterocycles. The lowest BCUT2D eigenvalue weighted by atomic mass is 10.3. The van der Waals surface area contributed by atoms with Crippen molar-refractivity contribution in [3.8, 4) is 5.75 Å². The van der Waals surface area contributed by atoms with E-state index in [9.17, 15) is 10.1 Å². The van der Waals surface area contributed by atoms with Crippen LogP contribution in [0.4, 0.5) is 5.69 Å². The van der Waals surface area contributed by atoms with E-state index in [1.807, 2.05) is 56.3 Å². The quantitative estimate of drug-likeness (QED) is 0.456. The maximum atomic E-state index is 10.6. The van der Waals surface area contributed by atoms with Crippen LogP contribution in [0.3, 0.4) is 0 Å². The van der Waals surface area contributed by atoms with Crippen LogP contribution in [0.25, 0.3) is 0 Å². The van der Waals surface area contributed by atoms with Crippen molar-refractivity contribution in [3.05, 3.63) is 34.4 Å².